The fourth-order valence-electron chi connectivity index (χ4n) is 3.55. The number of fused-ring (bicyclic) bond motifs is 1. The Morgan fingerprint density at radius 3 is 2.97 bits per heavy atom. The van der Waals surface area contributed by atoms with Crippen LogP contribution in [0.2, 0.25) is 0 Å². The van der Waals surface area contributed by atoms with Gasteiger partial charge >= 0.3 is 0 Å². The molecule has 31 heavy (non-hydrogen) atoms. The molecular weight excluding hydrogens is 434 g/mol. The average Bonchev–Trinajstić information content (AvgIpc) is 3.23. The van der Waals surface area contributed by atoms with Gasteiger partial charge in [-0.3, -0.25) is 4.79 Å². The standard InChI is InChI=1S/C21H25N5O3S2/c1-13-5-4-8-26(10-13)21-25-19-18(31-21)20(23-12-22-19)30-11-17(27)24-15-7-6-14(28-2)9-16(15)29-3/h6-7,9,12-13H,4-5,8,10-11H2,1-3H3,(H,24,27)/t13-/m0/s1. The Morgan fingerprint density at radius 1 is 1.32 bits per heavy atom. The minimum absolute atomic E-state index is 0.144. The molecule has 1 aromatic carbocycles. The molecule has 1 atom stereocenters. The third-order valence-electron chi connectivity index (χ3n) is 5.10. The number of anilines is 2. The van der Waals surface area contributed by atoms with E-state index in [1.807, 2.05) is 0 Å². The molecule has 164 valence electrons. The Balaban J connectivity index is 1.44. The van der Waals surface area contributed by atoms with E-state index in [1.54, 1.807) is 43.8 Å². The largest absolute Gasteiger partial charge is 0.497 e. The minimum atomic E-state index is -0.144. The normalized spacial score (nSPS) is 16.4. The van der Waals surface area contributed by atoms with E-state index >= 15 is 0 Å². The van der Waals surface area contributed by atoms with Crippen molar-refractivity contribution in [3.63, 3.8) is 0 Å². The van der Waals surface area contributed by atoms with Gasteiger partial charge in [0.15, 0.2) is 10.8 Å². The van der Waals surface area contributed by atoms with E-state index in [9.17, 15) is 4.79 Å². The minimum Gasteiger partial charge on any atom is -0.497 e. The van der Waals surface area contributed by atoms with Crippen molar-refractivity contribution in [2.24, 2.45) is 5.92 Å². The summed E-state index contributed by atoms with van der Waals surface area (Å²) in [6.45, 7) is 4.31. The van der Waals surface area contributed by atoms with Gasteiger partial charge in [0.1, 0.15) is 27.6 Å². The SMILES string of the molecule is COc1ccc(NC(=O)CSc2ncnc3nc(N4CCC[C@H](C)C4)sc23)c(OC)c1. The molecule has 1 fully saturated rings. The first-order chi connectivity index (χ1) is 15.1. The predicted octanol–water partition coefficient (Wildman–Crippen LogP) is 4.07. The van der Waals surface area contributed by atoms with Crippen LogP contribution in [0.15, 0.2) is 29.6 Å². The Kier molecular flexibility index (Phi) is 6.77. The number of thioether (sulfide) groups is 1. The van der Waals surface area contributed by atoms with Crippen LogP contribution in [0.4, 0.5) is 10.8 Å². The quantitative estimate of drug-likeness (QED) is 0.418. The van der Waals surface area contributed by atoms with Crippen molar-refractivity contribution in [2.45, 2.75) is 24.8 Å². The van der Waals surface area contributed by atoms with Crippen molar-refractivity contribution in [1.29, 1.82) is 0 Å². The molecule has 10 heteroatoms. The van der Waals surface area contributed by atoms with Gasteiger partial charge in [-0.05, 0) is 30.9 Å². The van der Waals surface area contributed by atoms with Gasteiger partial charge in [0.2, 0.25) is 5.91 Å². The van der Waals surface area contributed by atoms with E-state index in [0.29, 0.717) is 28.8 Å². The zero-order valence-corrected chi connectivity index (χ0v) is 19.4. The zero-order chi connectivity index (χ0) is 21.8. The number of nitrogens with zero attached hydrogens (tertiary/aromatic N) is 4. The smallest absolute Gasteiger partial charge is 0.234 e. The van der Waals surface area contributed by atoms with Gasteiger partial charge in [-0.2, -0.15) is 4.98 Å². The summed E-state index contributed by atoms with van der Waals surface area (Å²) < 4.78 is 11.5. The van der Waals surface area contributed by atoms with Crippen molar-refractivity contribution in [1.82, 2.24) is 15.0 Å². The number of ether oxygens (including phenoxy) is 2. The van der Waals surface area contributed by atoms with Gasteiger partial charge in [-0.15, -0.1) is 0 Å². The molecular formula is C21H25N5O3S2. The van der Waals surface area contributed by atoms with E-state index < -0.39 is 0 Å². The molecule has 4 rings (SSSR count). The van der Waals surface area contributed by atoms with E-state index in [-0.39, 0.29) is 11.7 Å². The van der Waals surface area contributed by atoms with Crippen LogP contribution in [0.25, 0.3) is 10.3 Å². The molecule has 1 aliphatic rings. The summed E-state index contributed by atoms with van der Waals surface area (Å²) in [5, 5.41) is 4.65. The fraction of sp³-hybridized carbons (Fsp3) is 0.429. The lowest BCUT2D eigenvalue weighted by Gasteiger charge is -2.30. The maximum atomic E-state index is 12.6. The Hall–Kier alpha value is -2.59. The summed E-state index contributed by atoms with van der Waals surface area (Å²) in [4.78, 5) is 28.3. The molecule has 0 bridgehead atoms. The molecule has 2 aromatic heterocycles. The predicted molar refractivity (Wildman–Crippen MR) is 125 cm³/mol. The Labute approximate surface area is 189 Å². The fourth-order valence-corrected chi connectivity index (χ4v) is 5.47. The van der Waals surface area contributed by atoms with E-state index in [2.05, 4.69) is 27.1 Å². The van der Waals surface area contributed by atoms with Gasteiger partial charge in [-0.1, -0.05) is 30.0 Å². The van der Waals surface area contributed by atoms with Gasteiger partial charge in [0, 0.05) is 19.2 Å². The van der Waals surface area contributed by atoms with E-state index in [4.69, 9.17) is 14.5 Å². The lowest BCUT2D eigenvalue weighted by molar-refractivity contribution is -0.113. The maximum Gasteiger partial charge on any atom is 0.234 e. The number of hydrogen-bond acceptors (Lipinski definition) is 9. The number of benzene rings is 1. The van der Waals surface area contributed by atoms with Crippen LogP contribution in [0.1, 0.15) is 19.8 Å². The van der Waals surface area contributed by atoms with Crippen LogP contribution in [0, 0.1) is 5.92 Å². The number of aromatic nitrogens is 3. The highest BCUT2D eigenvalue weighted by atomic mass is 32.2. The highest BCUT2D eigenvalue weighted by Gasteiger charge is 2.21. The third kappa shape index (κ3) is 5.01. The molecule has 0 spiro atoms. The first kappa shape index (κ1) is 21.6. The van der Waals surface area contributed by atoms with Crippen LogP contribution >= 0.6 is 23.1 Å². The van der Waals surface area contributed by atoms with Crippen molar-refractivity contribution in [2.75, 3.05) is 43.3 Å². The summed E-state index contributed by atoms with van der Waals surface area (Å²) in [6.07, 6.45) is 3.95. The van der Waals surface area contributed by atoms with Crippen molar-refractivity contribution in [3.05, 3.63) is 24.5 Å². The van der Waals surface area contributed by atoms with Crippen LogP contribution in [-0.2, 0) is 4.79 Å². The molecule has 1 N–H and O–H groups in total. The highest BCUT2D eigenvalue weighted by Crippen LogP contribution is 2.35. The second-order valence-corrected chi connectivity index (χ2v) is 9.37. The summed E-state index contributed by atoms with van der Waals surface area (Å²) in [7, 11) is 3.14. The third-order valence-corrected chi connectivity index (χ3v) is 7.33. The number of hydrogen-bond donors (Lipinski definition) is 1. The number of methoxy groups -OCH3 is 2. The molecule has 1 aliphatic heterocycles. The number of nitrogens with one attached hydrogen (secondary N) is 1. The van der Waals surface area contributed by atoms with Gasteiger partial charge < -0.3 is 19.7 Å². The summed E-state index contributed by atoms with van der Waals surface area (Å²) in [5.74, 6) is 1.95. The molecule has 1 amide bonds. The van der Waals surface area contributed by atoms with E-state index in [1.165, 1.54) is 30.9 Å². The van der Waals surface area contributed by atoms with Crippen molar-refractivity contribution >= 4 is 50.2 Å². The first-order valence-corrected chi connectivity index (χ1v) is 11.9. The Bertz CT molecular complexity index is 1070. The molecule has 0 unspecified atom stereocenters. The summed E-state index contributed by atoms with van der Waals surface area (Å²) in [5.41, 5.74) is 1.29. The Morgan fingerprint density at radius 2 is 2.19 bits per heavy atom. The van der Waals surface area contributed by atoms with Crippen LogP contribution in [0.5, 0.6) is 11.5 Å². The molecule has 0 radical (unpaired) electrons. The monoisotopic (exact) mass is 459 g/mol. The van der Waals surface area contributed by atoms with Gasteiger partial charge in [-0.25, -0.2) is 9.97 Å². The highest BCUT2D eigenvalue weighted by molar-refractivity contribution is 8.00. The lowest BCUT2D eigenvalue weighted by Crippen LogP contribution is -2.34. The lowest BCUT2D eigenvalue weighted by atomic mass is 10.0. The number of rotatable bonds is 7. The molecule has 1 saturated heterocycles. The van der Waals surface area contributed by atoms with Crippen LogP contribution < -0.4 is 19.7 Å². The van der Waals surface area contributed by atoms with Crippen molar-refractivity contribution in [3.8, 4) is 11.5 Å². The first-order valence-electron chi connectivity index (χ1n) is 10.1. The van der Waals surface area contributed by atoms with Crippen LogP contribution in [-0.4, -0.2) is 53.9 Å². The molecule has 0 saturated carbocycles. The van der Waals surface area contributed by atoms with Crippen LogP contribution in [0.3, 0.4) is 0 Å². The summed E-state index contributed by atoms with van der Waals surface area (Å²) in [6, 6.07) is 5.27. The van der Waals surface area contributed by atoms with Gasteiger partial charge in [0.05, 0.1) is 25.7 Å². The second-order valence-electron chi connectivity index (χ2n) is 7.42. The number of piperidine rings is 1. The average molecular weight is 460 g/mol. The number of thiazole rings is 1. The topological polar surface area (TPSA) is 89.5 Å². The van der Waals surface area contributed by atoms with Crippen molar-refractivity contribution < 1.29 is 14.3 Å². The number of amides is 1. The molecule has 8 nitrogen and oxygen atoms in total. The zero-order valence-electron chi connectivity index (χ0n) is 17.8. The number of carbonyl (C=O) groups is 1. The summed E-state index contributed by atoms with van der Waals surface area (Å²) >= 11 is 2.98. The molecule has 3 aromatic rings. The number of carbonyl (C=O) groups excluding carboxylic acids is 1. The second kappa shape index (κ2) is 9.69. The maximum absolute atomic E-state index is 12.6. The molecule has 3 heterocycles. The van der Waals surface area contributed by atoms with E-state index in [0.717, 1.165) is 27.9 Å². The van der Waals surface area contributed by atoms with Gasteiger partial charge in [0.25, 0.3) is 0 Å². The molecule has 0 aliphatic carbocycles.